The van der Waals surface area contributed by atoms with Gasteiger partial charge in [-0.15, -0.1) is 0 Å². The van der Waals surface area contributed by atoms with Crippen molar-refractivity contribution in [3.05, 3.63) is 0 Å². The third-order valence-electron chi connectivity index (χ3n) is 4.07. The molecule has 0 aromatic carbocycles. The number of urea groups is 1. The Hall–Kier alpha value is -0.770. The lowest BCUT2D eigenvalue weighted by atomic mass is 10.0. The Morgan fingerprint density at radius 1 is 1.35 bits per heavy atom. The van der Waals surface area contributed by atoms with Crippen molar-refractivity contribution in [2.45, 2.75) is 38.6 Å². The van der Waals surface area contributed by atoms with Crippen LogP contribution in [0.3, 0.4) is 0 Å². The van der Waals surface area contributed by atoms with Gasteiger partial charge in [-0.2, -0.15) is 0 Å². The summed E-state index contributed by atoms with van der Waals surface area (Å²) in [7, 11) is 3.64. The predicted octanol–water partition coefficient (Wildman–Crippen LogP) is 1.52. The molecular weight excluding hydrogens is 214 g/mol. The molecule has 1 heterocycles. The van der Waals surface area contributed by atoms with Crippen LogP contribution in [0.4, 0.5) is 4.79 Å². The summed E-state index contributed by atoms with van der Waals surface area (Å²) in [6.07, 6.45) is 4.93. The molecule has 1 saturated carbocycles. The summed E-state index contributed by atoms with van der Waals surface area (Å²) >= 11 is 0. The van der Waals surface area contributed by atoms with Gasteiger partial charge in [0.05, 0.1) is 0 Å². The number of nitrogens with zero attached hydrogens (tertiary/aromatic N) is 2. The quantitative estimate of drug-likeness (QED) is 0.810. The van der Waals surface area contributed by atoms with Crippen LogP contribution in [0.5, 0.6) is 0 Å². The maximum absolute atomic E-state index is 11.8. The number of amides is 2. The van der Waals surface area contributed by atoms with Crippen LogP contribution < -0.4 is 5.32 Å². The second-order valence-corrected chi connectivity index (χ2v) is 6.13. The van der Waals surface area contributed by atoms with Crippen LogP contribution in [0.2, 0.25) is 0 Å². The van der Waals surface area contributed by atoms with Crippen LogP contribution in [0, 0.1) is 5.41 Å². The molecule has 2 amide bonds. The van der Waals surface area contributed by atoms with Crippen molar-refractivity contribution in [3.63, 3.8) is 0 Å². The Kier molecular flexibility index (Phi) is 3.61. The Morgan fingerprint density at radius 3 is 2.41 bits per heavy atom. The van der Waals surface area contributed by atoms with E-state index in [0.717, 1.165) is 32.5 Å². The third-order valence-corrected chi connectivity index (χ3v) is 4.07. The summed E-state index contributed by atoms with van der Waals surface area (Å²) in [4.78, 5) is 15.4. The van der Waals surface area contributed by atoms with Crippen molar-refractivity contribution in [1.82, 2.24) is 15.1 Å². The van der Waals surface area contributed by atoms with E-state index in [2.05, 4.69) is 12.2 Å². The SMILES string of the molecule is CN(C)C(=O)N1CCC(NCC2(C)CC2)CC1. The molecule has 0 atom stereocenters. The van der Waals surface area contributed by atoms with Crippen molar-refractivity contribution in [2.24, 2.45) is 5.41 Å². The van der Waals surface area contributed by atoms with E-state index in [1.807, 2.05) is 19.0 Å². The predicted molar refractivity (Wildman–Crippen MR) is 69.0 cm³/mol. The fourth-order valence-electron chi connectivity index (χ4n) is 2.34. The molecule has 1 aliphatic carbocycles. The highest BCUT2D eigenvalue weighted by atomic mass is 16.2. The van der Waals surface area contributed by atoms with Gasteiger partial charge < -0.3 is 15.1 Å². The van der Waals surface area contributed by atoms with E-state index >= 15 is 0 Å². The summed E-state index contributed by atoms with van der Waals surface area (Å²) in [5.74, 6) is 0. The topological polar surface area (TPSA) is 35.6 Å². The van der Waals surface area contributed by atoms with E-state index in [9.17, 15) is 4.79 Å². The molecule has 98 valence electrons. The van der Waals surface area contributed by atoms with Crippen molar-refractivity contribution in [1.29, 1.82) is 0 Å². The maximum Gasteiger partial charge on any atom is 0.319 e. The summed E-state index contributed by atoms with van der Waals surface area (Å²) in [6, 6.07) is 0.760. The minimum atomic E-state index is 0.151. The smallest absolute Gasteiger partial charge is 0.319 e. The fourth-order valence-corrected chi connectivity index (χ4v) is 2.34. The monoisotopic (exact) mass is 239 g/mol. The Bertz CT molecular complexity index is 278. The van der Waals surface area contributed by atoms with Crippen molar-refractivity contribution in [3.8, 4) is 0 Å². The fraction of sp³-hybridized carbons (Fsp3) is 0.923. The van der Waals surface area contributed by atoms with Crippen LogP contribution in [0.15, 0.2) is 0 Å². The number of piperidine rings is 1. The Labute approximate surface area is 104 Å². The normalized spacial score (nSPS) is 23.6. The van der Waals surface area contributed by atoms with Crippen LogP contribution >= 0.6 is 0 Å². The van der Waals surface area contributed by atoms with Gasteiger partial charge >= 0.3 is 6.03 Å². The van der Waals surface area contributed by atoms with Crippen molar-refractivity contribution >= 4 is 6.03 Å². The molecule has 0 radical (unpaired) electrons. The highest BCUT2D eigenvalue weighted by molar-refractivity contribution is 5.73. The van der Waals surface area contributed by atoms with Gasteiger partial charge in [0, 0.05) is 39.8 Å². The lowest BCUT2D eigenvalue weighted by Crippen LogP contribution is -2.48. The van der Waals surface area contributed by atoms with Crippen LogP contribution in [-0.4, -0.2) is 55.6 Å². The number of carbonyl (C=O) groups excluding carboxylic acids is 1. The molecule has 4 heteroatoms. The van der Waals surface area contributed by atoms with Gasteiger partial charge in [-0.05, 0) is 31.1 Å². The summed E-state index contributed by atoms with van der Waals surface area (Å²) in [5, 5.41) is 3.66. The van der Waals surface area contributed by atoms with E-state index in [-0.39, 0.29) is 6.03 Å². The lowest BCUT2D eigenvalue weighted by molar-refractivity contribution is 0.151. The molecule has 1 saturated heterocycles. The van der Waals surface area contributed by atoms with Crippen molar-refractivity contribution in [2.75, 3.05) is 33.7 Å². The molecule has 2 rings (SSSR count). The van der Waals surface area contributed by atoms with Crippen LogP contribution in [-0.2, 0) is 0 Å². The molecule has 0 unspecified atom stereocenters. The standard InChI is InChI=1S/C13H25N3O/c1-13(6-7-13)10-14-11-4-8-16(9-5-11)12(17)15(2)3/h11,14H,4-10H2,1-3H3. The zero-order valence-electron chi connectivity index (χ0n) is 11.3. The number of carbonyl (C=O) groups is 1. The van der Waals surface area contributed by atoms with Gasteiger partial charge in [0.2, 0.25) is 0 Å². The first-order valence-electron chi connectivity index (χ1n) is 6.70. The molecule has 0 spiro atoms. The molecule has 1 N–H and O–H groups in total. The van der Waals surface area contributed by atoms with Gasteiger partial charge in [0.1, 0.15) is 0 Å². The number of nitrogens with one attached hydrogen (secondary N) is 1. The first-order chi connectivity index (χ1) is 8.00. The second kappa shape index (κ2) is 4.84. The molecule has 1 aliphatic heterocycles. The van der Waals surface area contributed by atoms with Crippen LogP contribution in [0.25, 0.3) is 0 Å². The molecule has 4 nitrogen and oxygen atoms in total. The molecule has 0 aromatic rings. The zero-order valence-corrected chi connectivity index (χ0v) is 11.3. The number of hydrogen-bond acceptors (Lipinski definition) is 2. The number of rotatable bonds is 3. The number of likely N-dealkylation sites (tertiary alicyclic amines) is 1. The van der Waals surface area contributed by atoms with E-state index in [0.29, 0.717) is 11.5 Å². The van der Waals surface area contributed by atoms with E-state index in [1.54, 1.807) is 4.90 Å². The minimum Gasteiger partial charge on any atom is -0.331 e. The van der Waals surface area contributed by atoms with E-state index in [1.165, 1.54) is 12.8 Å². The van der Waals surface area contributed by atoms with Gasteiger partial charge in [-0.3, -0.25) is 0 Å². The molecule has 2 fully saturated rings. The largest absolute Gasteiger partial charge is 0.331 e. The van der Waals surface area contributed by atoms with Crippen molar-refractivity contribution < 1.29 is 4.79 Å². The van der Waals surface area contributed by atoms with Gasteiger partial charge in [0.15, 0.2) is 0 Å². The van der Waals surface area contributed by atoms with E-state index in [4.69, 9.17) is 0 Å². The molecular formula is C13H25N3O. The molecule has 17 heavy (non-hydrogen) atoms. The first kappa shape index (κ1) is 12.7. The van der Waals surface area contributed by atoms with Crippen LogP contribution in [0.1, 0.15) is 32.6 Å². The van der Waals surface area contributed by atoms with Gasteiger partial charge in [0.25, 0.3) is 0 Å². The highest BCUT2D eigenvalue weighted by Gasteiger charge is 2.37. The summed E-state index contributed by atoms with van der Waals surface area (Å²) in [5.41, 5.74) is 0.580. The third kappa shape index (κ3) is 3.35. The second-order valence-electron chi connectivity index (χ2n) is 6.13. The summed E-state index contributed by atoms with van der Waals surface area (Å²) < 4.78 is 0. The molecule has 2 aliphatic rings. The lowest BCUT2D eigenvalue weighted by Gasteiger charge is -2.34. The molecule has 0 aromatic heterocycles. The van der Waals surface area contributed by atoms with E-state index < -0.39 is 0 Å². The number of hydrogen-bond donors (Lipinski definition) is 1. The van der Waals surface area contributed by atoms with Gasteiger partial charge in [-0.1, -0.05) is 6.92 Å². The Morgan fingerprint density at radius 2 is 1.94 bits per heavy atom. The summed E-state index contributed by atoms with van der Waals surface area (Å²) in [6.45, 7) is 5.29. The minimum absolute atomic E-state index is 0.151. The Balaban J connectivity index is 1.68. The highest BCUT2D eigenvalue weighted by Crippen LogP contribution is 2.44. The average Bonchev–Trinajstić information content (AvgIpc) is 3.05. The average molecular weight is 239 g/mol. The first-order valence-corrected chi connectivity index (χ1v) is 6.70. The van der Waals surface area contributed by atoms with Gasteiger partial charge in [-0.25, -0.2) is 4.79 Å². The maximum atomic E-state index is 11.8. The molecule has 0 bridgehead atoms. The zero-order chi connectivity index (χ0) is 12.5.